The van der Waals surface area contributed by atoms with Gasteiger partial charge in [0.25, 0.3) is 5.69 Å². The molecule has 0 N–H and O–H groups in total. The van der Waals surface area contributed by atoms with E-state index >= 15 is 0 Å². The Morgan fingerprint density at radius 1 is 1.25 bits per heavy atom. The van der Waals surface area contributed by atoms with Gasteiger partial charge in [0.05, 0.1) is 10.5 Å². The number of rotatable bonds is 5. The molecule has 0 aliphatic carbocycles. The Balaban J connectivity index is 2.17. The van der Waals surface area contributed by atoms with Crippen LogP contribution in [0, 0.1) is 15.9 Å². The van der Waals surface area contributed by atoms with Crippen LogP contribution in [0.15, 0.2) is 42.5 Å². The molecule has 2 aromatic rings. The smallest absolute Gasteiger partial charge is 0.270 e. The highest BCUT2D eigenvalue weighted by molar-refractivity contribution is 5.80. The molecule has 0 amide bonds. The van der Waals surface area contributed by atoms with E-state index in [9.17, 15) is 19.3 Å². The molecule has 0 aliphatic rings. The summed E-state index contributed by atoms with van der Waals surface area (Å²) in [4.78, 5) is 20.9. The van der Waals surface area contributed by atoms with Gasteiger partial charge < -0.3 is 4.74 Å². The standard InChI is InChI=1S/C14H10FNO4/c15-12-3-1-2-10(6-12)9-20-14-5-4-13(16(18)19)7-11(14)8-17/h1-8H,9H2. The van der Waals surface area contributed by atoms with Crippen molar-refractivity contribution < 1.29 is 18.8 Å². The maximum absolute atomic E-state index is 13.0. The summed E-state index contributed by atoms with van der Waals surface area (Å²) in [5, 5.41) is 10.6. The summed E-state index contributed by atoms with van der Waals surface area (Å²) >= 11 is 0. The number of nitro benzene ring substituents is 1. The average molecular weight is 275 g/mol. The van der Waals surface area contributed by atoms with Gasteiger partial charge >= 0.3 is 0 Å². The van der Waals surface area contributed by atoms with Crippen LogP contribution in [-0.4, -0.2) is 11.2 Å². The maximum atomic E-state index is 13.0. The van der Waals surface area contributed by atoms with Crippen LogP contribution in [0.5, 0.6) is 5.75 Å². The lowest BCUT2D eigenvalue weighted by Gasteiger charge is -2.08. The minimum atomic E-state index is -0.594. The monoisotopic (exact) mass is 275 g/mol. The van der Waals surface area contributed by atoms with Crippen LogP contribution in [0.1, 0.15) is 15.9 Å². The highest BCUT2D eigenvalue weighted by Crippen LogP contribution is 2.23. The number of hydrogen-bond acceptors (Lipinski definition) is 4. The van der Waals surface area contributed by atoms with E-state index in [0.717, 1.165) is 6.07 Å². The molecular weight excluding hydrogens is 265 g/mol. The van der Waals surface area contributed by atoms with Crippen LogP contribution in [0.3, 0.4) is 0 Å². The molecule has 2 rings (SSSR count). The van der Waals surface area contributed by atoms with Crippen molar-refractivity contribution in [2.45, 2.75) is 6.61 Å². The number of carbonyl (C=O) groups is 1. The molecule has 0 spiro atoms. The summed E-state index contributed by atoms with van der Waals surface area (Å²) in [6, 6.07) is 9.57. The molecule has 0 atom stereocenters. The summed E-state index contributed by atoms with van der Waals surface area (Å²) in [5.74, 6) is -0.166. The molecule has 0 fully saturated rings. The molecule has 0 saturated heterocycles. The van der Waals surface area contributed by atoms with Crippen molar-refractivity contribution >= 4 is 12.0 Å². The Bertz CT molecular complexity index is 657. The normalized spacial score (nSPS) is 10.1. The molecule has 0 radical (unpaired) electrons. The first-order valence-corrected chi connectivity index (χ1v) is 5.71. The van der Waals surface area contributed by atoms with Gasteiger partial charge in [-0.15, -0.1) is 0 Å². The van der Waals surface area contributed by atoms with Crippen LogP contribution in [0.2, 0.25) is 0 Å². The second-order valence-corrected chi connectivity index (χ2v) is 4.02. The Morgan fingerprint density at radius 3 is 2.70 bits per heavy atom. The van der Waals surface area contributed by atoms with Gasteiger partial charge in [-0.3, -0.25) is 14.9 Å². The summed E-state index contributed by atoms with van der Waals surface area (Å²) in [6.45, 7) is 0.0659. The van der Waals surface area contributed by atoms with Crippen molar-refractivity contribution in [3.8, 4) is 5.75 Å². The van der Waals surface area contributed by atoms with Crippen LogP contribution >= 0.6 is 0 Å². The van der Waals surface area contributed by atoms with E-state index in [-0.39, 0.29) is 29.4 Å². The number of carbonyl (C=O) groups excluding carboxylic acids is 1. The molecule has 0 heterocycles. The third-order valence-corrected chi connectivity index (χ3v) is 2.61. The fourth-order valence-corrected chi connectivity index (χ4v) is 1.66. The molecule has 0 aromatic heterocycles. The van der Waals surface area contributed by atoms with Crippen molar-refractivity contribution in [3.05, 3.63) is 69.5 Å². The van der Waals surface area contributed by atoms with Gasteiger partial charge in [0.1, 0.15) is 18.2 Å². The van der Waals surface area contributed by atoms with Crippen molar-refractivity contribution in [2.24, 2.45) is 0 Å². The number of hydrogen-bond donors (Lipinski definition) is 0. The predicted octanol–water partition coefficient (Wildman–Crippen LogP) is 3.13. The Hall–Kier alpha value is -2.76. The first kappa shape index (κ1) is 13.7. The molecule has 20 heavy (non-hydrogen) atoms. The SMILES string of the molecule is O=Cc1cc([N+](=O)[O-])ccc1OCc1cccc(F)c1. The van der Waals surface area contributed by atoms with Crippen molar-refractivity contribution in [1.82, 2.24) is 0 Å². The maximum Gasteiger partial charge on any atom is 0.270 e. The van der Waals surface area contributed by atoms with E-state index < -0.39 is 4.92 Å². The molecule has 0 unspecified atom stereocenters. The average Bonchev–Trinajstić information content (AvgIpc) is 2.45. The van der Waals surface area contributed by atoms with E-state index in [4.69, 9.17) is 4.74 Å². The number of aldehydes is 1. The number of nitro groups is 1. The lowest BCUT2D eigenvalue weighted by Crippen LogP contribution is -1.99. The van der Waals surface area contributed by atoms with E-state index in [1.165, 1.54) is 24.3 Å². The largest absolute Gasteiger partial charge is 0.488 e. The molecule has 0 saturated carbocycles. The fourth-order valence-electron chi connectivity index (χ4n) is 1.66. The summed E-state index contributed by atoms with van der Waals surface area (Å²) in [5.41, 5.74) is 0.487. The molecule has 102 valence electrons. The third-order valence-electron chi connectivity index (χ3n) is 2.61. The predicted molar refractivity (Wildman–Crippen MR) is 69.2 cm³/mol. The minimum Gasteiger partial charge on any atom is -0.488 e. The lowest BCUT2D eigenvalue weighted by molar-refractivity contribution is -0.384. The molecule has 2 aromatic carbocycles. The summed E-state index contributed by atoms with van der Waals surface area (Å²) < 4.78 is 18.4. The van der Waals surface area contributed by atoms with Gasteiger partial charge in [-0.25, -0.2) is 4.39 Å². The van der Waals surface area contributed by atoms with E-state index in [1.807, 2.05) is 0 Å². The Labute approximate surface area is 113 Å². The number of halogens is 1. The van der Waals surface area contributed by atoms with Gasteiger partial charge in [0.15, 0.2) is 6.29 Å². The summed E-state index contributed by atoms with van der Waals surface area (Å²) in [7, 11) is 0. The Kier molecular flexibility index (Phi) is 4.05. The van der Waals surface area contributed by atoms with E-state index in [0.29, 0.717) is 11.8 Å². The molecule has 6 heteroatoms. The second-order valence-electron chi connectivity index (χ2n) is 4.02. The molecular formula is C14H10FNO4. The minimum absolute atomic E-state index is 0.0659. The zero-order chi connectivity index (χ0) is 14.5. The first-order valence-electron chi connectivity index (χ1n) is 5.71. The third kappa shape index (κ3) is 3.17. The van der Waals surface area contributed by atoms with Crippen molar-refractivity contribution in [2.75, 3.05) is 0 Å². The molecule has 0 bridgehead atoms. The van der Waals surface area contributed by atoms with Crippen LogP contribution in [-0.2, 0) is 6.61 Å². The van der Waals surface area contributed by atoms with E-state index in [1.54, 1.807) is 12.1 Å². The highest BCUT2D eigenvalue weighted by Gasteiger charge is 2.11. The van der Waals surface area contributed by atoms with Gasteiger partial charge in [0, 0.05) is 12.1 Å². The van der Waals surface area contributed by atoms with Gasteiger partial charge in [-0.2, -0.15) is 0 Å². The number of non-ortho nitro benzene ring substituents is 1. The van der Waals surface area contributed by atoms with Gasteiger partial charge in [-0.1, -0.05) is 12.1 Å². The van der Waals surface area contributed by atoms with Gasteiger partial charge in [-0.05, 0) is 23.8 Å². The van der Waals surface area contributed by atoms with Crippen LogP contribution in [0.4, 0.5) is 10.1 Å². The number of nitrogens with zero attached hydrogens (tertiary/aromatic N) is 1. The molecule has 0 aliphatic heterocycles. The van der Waals surface area contributed by atoms with Crippen LogP contribution in [0.25, 0.3) is 0 Å². The van der Waals surface area contributed by atoms with Crippen molar-refractivity contribution in [1.29, 1.82) is 0 Å². The topological polar surface area (TPSA) is 69.4 Å². The zero-order valence-corrected chi connectivity index (χ0v) is 10.3. The lowest BCUT2D eigenvalue weighted by atomic mass is 10.2. The number of ether oxygens (including phenoxy) is 1. The zero-order valence-electron chi connectivity index (χ0n) is 10.3. The second kappa shape index (κ2) is 5.92. The Morgan fingerprint density at radius 2 is 2.05 bits per heavy atom. The highest BCUT2D eigenvalue weighted by atomic mass is 19.1. The first-order chi connectivity index (χ1) is 9.60. The van der Waals surface area contributed by atoms with Crippen molar-refractivity contribution in [3.63, 3.8) is 0 Å². The summed E-state index contributed by atoms with van der Waals surface area (Å²) in [6.07, 6.45) is 0.480. The van der Waals surface area contributed by atoms with E-state index in [2.05, 4.69) is 0 Å². The fraction of sp³-hybridized carbons (Fsp3) is 0.0714. The number of benzene rings is 2. The molecule has 5 nitrogen and oxygen atoms in total. The van der Waals surface area contributed by atoms with Gasteiger partial charge in [0.2, 0.25) is 0 Å². The van der Waals surface area contributed by atoms with Crippen LogP contribution < -0.4 is 4.74 Å². The quantitative estimate of drug-likeness (QED) is 0.477.